The normalized spacial score (nSPS) is 10.5. The van der Waals surface area contributed by atoms with E-state index in [4.69, 9.17) is 21.7 Å². The van der Waals surface area contributed by atoms with E-state index in [0.717, 1.165) is 17.9 Å². The Morgan fingerprint density at radius 3 is 2.47 bits per heavy atom. The monoisotopic (exact) mass is 428 g/mol. The molecular formula is C24H32N2O3S. The molecule has 0 fully saturated rings. The Morgan fingerprint density at radius 1 is 1.00 bits per heavy atom. The van der Waals surface area contributed by atoms with E-state index in [0.29, 0.717) is 30.4 Å². The van der Waals surface area contributed by atoms with Crippen LogP contribution < -0.4 is 20.1 Å². The third-order valence-electron chi connectivity index (χ3n) is 4.27. The van der Waals surface area contributed by atoms with Gasteiger partial charge in [-0.1, -0.05) is 52.2 Å². The number of ether oxygens (including phenoxy) is 2. The van der Waals surface area contributed by atoms with Crippen molar-refractivity contribution in [1.29, 1.82) is 0 Å². The maximum atomic E-state index is 12.5. The van der Waals surface area contributed by atoms with E-state index in [1.807, 2.05) is 30.3 Å². The van der Waals surface area contributed by atoms with Crippen molar-refractivity contribution in [3.8, 4) is 11.5 Å². The first-order chi connectivity index (χ1) is 14.5. The van der Waals surface area contributed by atoms with Crippen LogP contribution in [0.3, 0.4) is 0 Å². The van der Waals surface area contributed by atoms with Crippen LogP contribution in [0.4, 0.5) is 5.69 Å². The summed E-state index contributed by atoms with van der Waals surface area (Å²) in [5, 5.41) is 5.97. The van der Waals surface area contributed by atoms with Gasteiger partial charge >= 0.3 is 0 Å². The van der Waals surface area contributed by atoms with Crippen LogP contribution in [0.5, 0.6) is 11.5 Å². The highest BCUT2D eigenvalue weighted by Gasteiger charge is 2.10. The van der Waals surface area contributed by atoms with Gasteiger partial charge in [-0.2, -0.15) is 0 Å². The molecule has 0 aliphatic carbocycles. The molecule has 0 saturated heterocycles. The van der Waals surface area contributed by atoms with E-state index in [1.165, 1.54) is 19.3 Å². The van der Waals surface area contributed by atoms with Gasteiger partial charge < -0.3 is 14.8 Å². The number of rotatable bonds is 11. The Morgan fingerprint density at radius 2 is 1.73 bits per heavy atom. The number of carbonyl (C=O) groups is 1. The van der Waals surface area contributed by atoms with Crippen LogP contribution in [0.15, 0.2) is 48.5 Å². The highest BCUT2D eigenvalue weighted by molar-refractivity contribution is 7.80. The molecule has 5 nitrogen and oxygen atoms in total. The molecule has 162 valence electrons. The number of hydrogen-bond donors (Lipinski definition) is 2. The van der Waals surface area contributed by atoms with Gasteiger partial charge in [0.1, 0.15) is 11.5 Å². The molecule has 2 N–H and O–H groups in total. The van der Waals surface area contributed by atoms with E-state index in [9.17, 15) is 4.79 Å². The zero-order valence-electron chi connectivity index (χ0n) is 18.1. The Bertz CT molecular complexity index is 824. The fourth-order valence-corrected chi connectivity index (χ4v) is 2.92. The van der Waals surface area contributed by atoms with Crippen LogP contribution in [0, 0.1) is 5.92 Å². The first-order valence-corrected chi connectivity index (χ1v) is 11.0. The maximum absolute atomic E-state index is 12.5. The van der Waals surface area contributed by atoms with Crippen molar-refractivity contribution in [3.05, 3.63) is 54.1 Å². The van der Waals surface area contributed by atoms with E-state index < -0.39 is 0 Å². The summed E-state index contributed by atoms with van der Waals surface area (Å²) in [7, 11) is 0. The lowest BCUT2D eigenvalue weighted by Gasteiger charge is -2.12. The molecule has 0 aliphatic heterocycles. The number of nitrogens with one attached hydrogen (secondary N) is 2. The van der Waals surface area contributed by atoms with E-state index in [-0.39, 0.29) is 11.0 Å². The van der Waals surface area contributed by atoms with Gasteiger partial charge in [-0.05, 0) is 54.9 Å². The lowest BCUT2D eigenvalue weighted by molar-refractivity contribution is 0.0977. The zero-order valence-corrected chi connectivity index (χ0v) is 18.9. The third-order valence-corrected chi connectivity index (χ3v) is 4.47. The summed E-state index contributed by atoms with van der Waals surface area (Å²) in [5.41, 5.74) is 1.25. The highest BCUT2D eigenvalue weighted by atomic mass is 32.1. The van der Waals surface area contributed by atoms with Crippen LogP contribution in [0.2, 0.25) is 0 Å². The number of anilines is 1. The van der Waals surface area contributed by atoms with Gasteiger partial charge in [-0.25, -0.2) is 0 Å². The lowest BCUT2D eigenvalue weighted by atomic mass is 10.2. The lowest BCUT2D eigenvalue weighted by Crippen LogP contribution is -2.34. The summed E-state index contributed by atoms with van der Waals surface area (Å²) in [6.45, 7) is 7.64. The van der Waals surface area contributed by atoms with Gasteiger partial charge in [-0.3, -0.25) is 10.1 Å². The third kappa shape index (κ3) is 8.82. The van der Waals surface area contributed by atoms with Crippen LogP contribution in [0.1, 0.15) is 56.8 Å². The van der Waals surface area contributed by atoms with Crippen molar-refractivity contribution in [2.75, 3.05) is 18.5 Å². The van der Waals surface area contributed by atoms with Gasteiger partial charge in [0.25, 0.3) is 5.91 Å². The smallest absolute Gasteiger partial charge is 0.257 e. The molecule has 1 amide bonds. The highest BCUT2D eigenvalue weighted by Crippen LogP contribution is 2.18. The molecule has 0 aliphatic rings. The Labute approximate surface area is 185 Å². The molecule has 6 heteroatoms. The first-order valence-electron chi connectivity index (χ1n) is 10.6. The number of thiocarbonyl (C=S) groups is 1. The quantitative estimate of drug-likeness (QED) is 0.349. The zero-order chi connectivity index (χ0) is 21.8. The molecule has 0 bridgehead atoms. The average molecular weight is 429 g/mol. The SMILES string of the molecule is CCCCCCOc1cccc(NC(=S)NC(=O)c2cccc(OCC(C)C)c2)c1. The summed E-state index contributed by atoms with van der Waals surface area (Å²) in [4.78, 5) is 12.5. The van der Waals surface area contributed by atoms with Crippen LogP contribution in [-0.2, 0) is 0 Å². The molecular weight excluding hydrogens is 396 g/mol. The van der Waals surface area contributed by atoms with Crippen molar-refractivity contribution in [3.63, 3.8) is 0 Å². The largest absolute Gasteiger partial charge is 0.494 e. The van der Waals surface area contributed by atoms with E-state index >= 15 is 0 Å². The predicted octanol–water partition coefficient (Wildman–Crippen LogP) is 5.81. The van der Waals surface area contributed by atoms with Crippen molar-refractivity contribution in [2.24, 2.45) is 5.92 Å². The van der Waals surface area contributed by atoms with Gasteiger partial charge in [0.2, 0.25) is 0 Å². The number of benzene rings is 2. The average Bonchev–Trinajstić information content (AvgIpc) is 2.72. The molecule has 0 radical (unpaired) electrons. The number of hydrogen-bond acceptors (Lipinski definition) is 4. The number of carbonyl (C=O) groups excluding carboxylic acids is 1. The summed E-state index contributed by atoms with van der Waals surface area (Å²) in [6, 6.07) is 14.6. The summed E-state index contributed by atoms with van der Waals surface area (Å²) >= 11 is 5.29. The molecule has 0 saturated carbocycles. The van der Waals surface area contributed by atoms with Crippen molar-refractivity contribution in [1.82, 2.24) is 5.32 Å². The van der Waals surface area contributed by atoms with Crippen LogP contribution >= 0.6 is 12.2 Å². The van der Waals surface area contributed by atoms with Crippen LogP contribution in [0.25, 0.3) is 0 Å². The van der Waals surface area contributed by atoms with Crippen molar-refractivity contribution >= 4 is 28.9 Å². The van der Waals surface area contributed by atoms with Crippen molar-refractivity contribution < 1.29 is 14.3 Å². The maximum Gasteiger partial charge on any atom is 0.257 e. The van der Waals surface area contributed by atoms with Crippen LogP contribution in [-0.4, -0.2) is 24.2 Å². The minimum atomic E-state index is -0.286. The van der Waals surface area contributed by atoms with Gasteiger partial charge in [0.15, 0.2) is 5.11 Å². The molecule has 0 unspecified atom stereocenters. The second-order valence-corrected chi connectivity index (χ2v) is 7.99. The second kappa shape index (κ2) is 12.9. The van der Waals surface area contributed by atoms with E-state index in [1.54, 1.807) is 18.2 Å². The fraction of sp³-hybridized carbons (Fsp3) is 0.417. The summed E-state index contributed by atoms with van der Waals surface area (Å²) in [6.07, 6.45) is 4.65. The molecule has 30 heavy (non-hydrogen) atoms. The Balaban J connectivity index is 1.86. The minimum Gasteiger partial charge on any atom is -0.494 e. The van der Waals surface area contributed by atoms with Gasteiger partial charge in [0.05, 0.1) is 13.2 Å². The molecule has 2 aromatic carbocycles. The second-order valence-electron chi connectivity index (χ2n) is 7.58. The molecule has 0 heterocycles. The topological polar surface area (TPSA) is 59.6 Å². The van der Waals surface area contributed by atoms with Gasteiger partial charge in [-0.15, -0.1) is 0 Å². The standard InChI is InChI=1S/C24H32N2O3S/c1-4-5-6-7-14-28-22-13-9-11-20(16-22)25-24(30)26-23(27)19-10-8-12-21(15-19)29-17-18(2)3/h8-13,15-16,18H,4-7,14,17H2,1-3H3,(H2,25,26,27,30). The first kappa shape index (κ1) is 23.7. The van der Waals surface area contributed by atoms with Gasteiger partial charge in [0, 0.05) is 17.3 Å². The predicted molar refractivity (Wildman–Crippen MR) is 127 cm³/mol. The summed E-state index contributed by atoms with van der Waals surface area (Å²) < 4.78 is 11.5. The molecule has 2 rings (SSSR count). The minimum absolute atomic E-state index is 0.230. The van der Waals surface area contributed by atoms with Crippen molar-refractivity contribution in [2.45, 2.75) is 46.5 Å². The number of unbranched alkanes of at least 4 members (excludes halogenated alkanes) is 3. The summed E-state index contributed by atoms with van der Waals surface area (Å²) in [5.74, 6) is 1.57. The molecule has 0 aromatic heterocycles. The van der Waals surface area contributed by atoms with E-state index in [2.05, 4.69) is 31.4 Å². The molecule has 0 atom stereocenters. The number of amides is 1. The Kier molecular flexibility index (Phi) is 10.1. The molecule has 0 spiro atoms. The molecule has 2 aromatic rings. The fourth-order valence-electron chi connectivity index (χ4n) is 2.71. The Hall–Kier alpha value is -2.60.